The molecule has 0 radical (unpaired) electrons. The van der Waals surface area contributed by atoms with Gasteiger partial charge in [0.1, 0.15) is 0 Å². The number of fused-ring (bicyclic) bond motifs is 1. The highest BCUT2D eigenvalue weighted by Gasteiger charge is 2.13. The number of pyridine rings is 1. The molecule has 21 heavy (non-hydrogen) atoms. The molecule has 1 unspecified atom stereocenters. The van der Waals surface area contributed by atoms with Crippen molar-refractivity contribution in [3.63, 3.8) is 0 Å². The molecule has 2 heterocycles. The van der Waals surface area contributed by atoms with Crippen molar-refractivity contribution in [2.45, 2.75) is 52.7 Å². The van der Waals surface area contributed by atoms with Crippen molar-refractivity contribution < 1.29 is 0 Å². The van der Waals surface area contributed by atoms with Crippen LogP contribution in [0, 0.1) is 0 Å². The van der Waals surface area contributed by atoms with Crippen molar-refractivity contribution >= 4 is 21.6 Å². The molecule has 1 atom stereocenters. The minimum Gasteiger partial charge on any atom is -0.309 e. The SMILES string of the molecule is CC(NCCN(C(C)C)C(C)C)c1cnc2ccsc2c1. The van der Waals surface area contributed by atoms with Gasteiger partial charge in [-0.3, -0.25) is 9.88 Å². The van der Waals surface area contributed by atoms with E-state index in [1.165, 1.54) is 10.3 Å². The van der Waals surface area contributed by atoms with Crippen molar-refractivity contribution in [1.29, 1.82) is 0 Å². The molecule has 0 saturated carbocycles. The van der Waals surface area contributed by atoms with Gasteiger partial charge >= 0.3 is 0 Å². The van der Waals surface area contributed by atoms with Crippen LogP contribution in [0.15, 0.2) is 23.7 Å². The van der Waals surface area contributed by atoms with Crippen LogP contribution < -0.4 is 5.32 Å². The van der Waals surface area contributed by atoms with Crippen molar-refractivity contribution in [2.75, 3.05) is 13.1 Å². The van der Waals surface area contributed by atoms with Crippen LogP contribution >= 0.6 is 11.3 Å². The summed E-state index contributed by atoms with van der Waals surface area (Å²) in [4.78, 5) is 7.04. The van der Waals surface area contributed by atoms with E-state index in [9.17, 15) is 0 Å². The average molecular weight is 305 g/mol. The van der Waals surface area contributed by atoms with Gasteiger partial charge in [0.2, 0.25) is 0 Å². The Hall–Kier alpha value is -0.970. The molecule has 116 valence electrons. The fourth-order valence-corrected chi connectivity index (χ4v) is 3.53. The third-order valence-corrected chi connectivity index (χ3v) is 4.82. The highest BCUT2D eigenvalue weighted by atomic mass is 32.1. The summed E-state index contributed by atoms with van der Waals surface area (Å²) in [6.07, 6.45) is 2.00. The van der Waals surface area contributed by atoms with Crippen LogP contribution in [-0.4, -0.2) is 35.1 Å². The Bertz CT molecular complexity index is 554. The van der Waals surface area contributed by atoms with Gasteiger partial charge in [-0.15, -0.1) is 11.3 Å². The molecule has 0 aromatic carbocycles. The lowest BCUT2D eigenvalue weighted by Gasteiger charge is -2.31. The summed E-state index contributed by atoms with van der Waals surface area (Å²) in [5.74, 6) is 0. The number of rotatable bonds is 7. The van der Waals surface area contributed by atoms with E-state index in [0.29, 0.717) is 18.1 Å². The molecule has 0 aliphatic rings. The topological polar surface area (TPSA) is 28.2 Å². The van der Waals surface area contributed by atoms with Crippen molar-refractivity contribution in [2.24, 2.45) is 0 Å². The minimum atomic E-state index is 0.338. The third-order valence-electron chi connectivity index (χ3n) is 3.97. The van der Waals surface area contributed by atoms with Crippen LogP contribution in [0.4, 0.5) is 0 Å². The monoisotopic (exact) mass is 305 g/mol. The molecule has 0 aliphatic carbocycles. The summed E-state index contributed by atoms with van der Waals surface area (Å²) >= 11 is 1.76. The van der Waals surface area contributed by atoms with Crippen LogP contribution in [-0.2, 0) is 0 Å². The maximum absolute atomic E-state index is 4.52. The van der Waals surface area contributed by atoms with E-state index in [1.807, 2.05) is 6.20 Å². The first-order chi connectivity index (χ1) is 9.99. The first-order valence-corrected chi connectivity index (χ1v) is 8.69. The maximum atomic E-state index is 4.52. The zero-order chi connectivity index (χ0) is 15.4. The Morgan fingerprint density at radius 1 is 1.19 bits per heavy atom. The Balaban J connectivity index is 1.90. The van der Waals surface area contributed by atoms with Gasteiger partial charge in [-0.1, -0.05) is 0 Å². The fourth-order valence-electron chi connectivity index (χ4n) is 2.74. The van der Waals surface area contributed by atoms with Gasteiger partial charge in [0.25, 0.3) is 0 Å². The molecule has 0 spiro atoms. The standard InChI is InChI=1S/C17H27N3S/c1-12(2)20(13(3)4)8-7-18-14(5)15-10-17-16(19-11-15)6-9-21-17/h6,9-14,18H,7-8H2,1-5H3. The molecular formula is C17H27N3S. The van der Waals surface area contributed by atoms with Gasteiger partial charge in [-0.2, -0.15) is 0 Å². The second-order valence-electron chi connectivity index (χ2n) is 6.17. The molecule has 0 amide bonds. The van der Waals surface area contributed by atoms with E-state index in [0.717, 1.165) is 18.6 Å². The van der Waals surface area contributed by atoms with E-state index >= 15 is 0 Å². The highest BCUT2D eigenvalue weighted by molar-refractivity contribution is 7.17. The first kappa shape index (κ1) is 16.4. The van der Waals surface area contributed by atoms with Crippen LogP contribution in [0.5, 0.6) is 0 Å². The number of thiophene rings is 1. The van der Waals surface area contributed by atoms with E-state index in [4.69, 9.17) is 0 Å². The molecule has 2 rings (SSSR count). The molecule has 4 heteroatoms. The quantitative estimate of drug-likeness (QED) is 0.836. The van der Waals surface area contributed by atoms with Gasteiger partial charge in [0.05, 0.1) is 10.2 Å². The Labute approximate surface area is 132 Å². The van der Waals surface area contributed by atoms with Crippen molar-refractivity contribution in [1.82, 2.24) is 15.2 Å². The van der Waals surface area contributed by atoms with E-state index in [1.54, 1.807) is 11.3 Å². The molecule has 1 N–H and O–H groups in total. The van der Waals surface area contributed by atoms with Gasteiger partial charge < -0.3 is 5.32 Å². The summed E-state index contributed by atoms with van der Waals surface area (Å²) < 4.78 is 1.27. The smallest absolute Gasteiger partial charge is 0.0809 e. The third kappa shape index (κ3) is 4.25. The summed E-state index contributed by atoms with van der Waals surface area (Å²) in [6.45, 7) is 13.3. The predicted molar refractivity (Wildman–Crippen MR) is 93.0 cm³/mol. The Kier molecular flexibility index (Phi) is 5.73. The fraction of sp³-hybridized carbons (Fsp3) is 0.588. The molecule has 0 fully saturated rings. The molecular weight excluding hydrogens is 278 g/mol. The predicted octanol–water partition coefficient (Wildman–Crippen LogP) is 4.07. The van der Waals surface area contributed by atoms with Crippen molar-refractivity contribution in [3.05, 3.63) is 29.3 Å². The largest absolute Gasteiger partial charge is 0.309 e. The highest BCUT2D eigenvalue weighted by Crippen LogP contribution is 2.22. The molecule has 3 nitrogen and oxygen atoms in total. The Morgan fingerprint density at radius 2 is 1.90 bits per heavy atom. The minimum absolute atomic E-state index is 0.338. The van der Waals surface area contributed by atoms with Gasteiger partial charge in [-0.25, -0.2) is 0 Å². The van der Waals surface area contributed by atoms with Crippen LogP contribution in [0.1, 0.15) is 46.2 Å². The van der Waals surface area contributed by atoms with E-state index < -0.39 is 0 Å². The van der Waals surface area contributed by atoms with Gasteiger partial charge in [0, 0.05) is 37.4 Å². The maximum Gasteiger partial charge on any atom is 0.0809 e. The molecule has 0 saturated heterocycles. The summed E-state index contributed by atoms with van der Waals surface area (Å²) in [6, 6.07) is 5.85. The number of hydrogen-bond donors (Lipinski definition) is 1. The number of aromatic nitrogens is 1. The molecule has 2 aromatic rings. The first-order valence-electron chi connectivity index (χ1n) is 7.81. The average Bonchev–Trinajstić information content (AvgIpc) is 2.89. The number of nitrogens with one attached hydrogen (secondary N) is 1. The van der Waals surface area contributed by atoms with Crippen LogP contribution in [0.3, 0.4) is 0 Å². The lowest BCUT2D eigenvalue weighted by Crippen LogP contribution is -2.41. The van der Waals surface area contributed by atoms with Gasteiger partial charge in [0.15, 0.2) is 0 Å². The summed E-state index contributed by atoms with van der Waals surface area (Å²) in [5.41, 5.74) is 2.37. The lowest BCUT2D eigenvalue weighted by atomic mass is 10.1. The van der Waals surface area contributed by atoms with Gasteiger partial charge in [-0.05, 0) is 57.7 Å². The second-order valence-corrected chi connectivity index (χ2v) is 7.12. The summed E-state index contributed by atoms with van der Waals surface area (Å²) in [5, 5.41) is 5.72. The normalized spacial score (nSPS) is 13.7. The second kappa shape index (κ2) is 7.34. The molecule has 0 aliphatic heterocycles. The van der Waals surface area contributed by atoms with Crippen LogP contribution in [0.25, 0.3) is 10.2 Å². The summed E-state index contributed by atoms with van der Waals surface area (Å²) in [7, 11) is 0. The zero-order valence-corrected chi connectivity index (χ0v) is 14.6. The Morgan fingerprint density at radius 3 is 2.57 bits per heavy atom. The number of nitrogens with zero attached hydrogens (tertiary/aromatic N) is 2. The molecule has 0 bridgehead atoms. The van der Waals surface area contributed by atoms with E-state index in [2.05, 4.69) is 67.3 Å². The number of hydrogen-bond acceptors (Lipinski definition) is 4. The lowest BCUT2D eigenvalue weighted by molar-refractivity contribution is 0.174. The van der Waals surface area contributed by atoms with E-state index in [-0.39, 0.29) is 0 Å². The molecule has 2 aromatic heterocycles. The van der Waals surface area contributed by atoms with Crippen molar-refractivity contribution in [3.8, 4) is 0 Å². The van der Waals surface area contributed by atoms with Crippen LogP contribution in [0.2, 0.25) is 0 Å². The zero-order valence-electron chi connectivity index (χ0n) is 13.8.